The van der Waals surface area contributed by atoms with Gasteiger partial charge in [-0.25, -0.2) is 26.5 Å². The van der Waals surface area contributed by atoms with Crippen molar-refractivity contribution in [3.63, 3.8) is 0 Å². The third-order valence-corrected chi connectivity index (χ3v) is 8.09. The first-order valence-corrected chi connectivity index (χ1v) is 14.0. The van der Waals surface area contributed by atoms with Gasteiger partial charge in [-0.3, -0.25) is 4.72 Å². The summed E-state index contributed by atoms with van der Waals surface area (Å²) in [5.41, 5.74) is 1.78. The second kappa shape index (κ2) is 10.4. The quantitative estimate of drug-likeness (QED) is 0.293. The molecule has 0 saturated carbocycles. The summed E-state index contributed by atoms with van der Waals surface area (Å²) < 4.78 is 61.0. The maximum atomic E-state index is 12.8. The van der Waals surface area contributed by atoms with Crippen LogP contribution in [-0.2, 0) is 20.0 Å². The minimum Gasteiger partial charge on any atom is -0.436 e. The Morgan fingerprint density at radius 1 is 0.771 bits per heavy atom. The molecular formula is C25H25N3O5S2. The van der Waals surface area contributed by atoms with Crippen molar-refractivity contribution in [3.05, 3.63) is 85.1 Å². The molecular weight excluding hydrogens is 486 g/mol. The van der Waals surface area contributed by atoms with E-state index in [0.717, 1.165) is 18.4 Å². The van der Waals surface area contributed by atoms with E-state index < -0.39 is 20.0 Å². The first kappa shape index (κ1) is 24.6. The van der Waals surface area contributed by atoms with Gasteiger partial charge in [0.05, 0.1) is 16.0 Å². The van der Waals surface area contributed by atoms with Crippen LogP contribution in [0, 0.1) is 0 Å². The summed E-state index contributed by atoms with van der Waals surface area (Å²) in [4.78, 5) is 4.41. The molecule has 8 nitrogen and oxygen atoms in total. The fourth-order valence-electron chi connectivity index (χ4n) is 3.30. The van der Waals surface area contributed by atoms with E-state index in [1.165, 1.54) is 36.4 Å². The van der Waals surface area contributed by atoms with Crippen molar-refractivity contribution < 1.29 is 21.3 Å². The minimum absolute atomic E-state index is 0.0500. The number of hydrogen-bond acceptors (Lipinski definition) is 6. The number of hydrogen-bond donors (Lipinski definition) is 2. The number of benzene rings is 3. The Kier molecular flexibility index (Phi) is 7.34. The zero-order chi connectivity index (χ0) is 24.9. The summed E-state index contributed by atoms with van der Waals surface area (Å²) in [5, 5.41) is 0. The first-order chi connectivity index (χ1) is 16.8. The van der Waals surface area contributed by atoms with E-state index in [2.05, 4.69) is 14.4 Å². The number of nitrogens with zero attached hydrogens (tertiary/aromatic N) is 1. The van der Waals surface area contributed by atoms with E-state index in [1.54, 1.807) is 18.3 Å². The van der Waals surface area contributed by atoms with Crippen LogP contribution in [0.5, 0.6) is 0 Å². The molecule has 0 aliphatic heterocycles. The van der Waals surface area contributed by atoms with Crippen LogP contribution in [0.4, 0.5) is 5.69 Å². The molecule has 3 aromatic carbocycles. The molecule has 4 rings (SSSR count). The smallest absolute Gasteiger partial charge is 0.261 e. The average molecular weight is 512 g/mol. The lowest BCUT2D eigenvalue weighted by Crippen LogP contribution is -2.24. The van der Waals surface area contributed by atoms with E-state index in [-0.39, 0.29) is 15.5 Å². The number of nitrogens with one attached hydrogen (secondary N) is 2. The SMILES string of the molecule is CCCCNS(=O)(=O)c1ccc(NS(=O)(=O)c2ccc(-c3ncc(-c4ccccc4)o3)cc2)cc1. The van der Waals surface area contributed by atoms with Crippen molar-refractivity contribution in [2.24, 2.45) is 0 Å². The minimum atomic E-state index is -3.88. The Labute approximate surface area is 205 Å². The van der Waals surface area contributed by atoms with E-state index in [0.29, 0.717) is 23.8 Å². The summed E-state index contributed by atoms with van der Waals surface area (Å²) in [6.07, 6.45) is 3.23. The molecule has 0 aliphatic carbocycles. The lowest BCUT2D eigenvalue weighted by molar-refractivity contribution is 0.578. The van der Waals surface area contributed by atoms with Gasteiger partial charge in [0, 0.05) is 23.4 Å². The highest BCUT2D eigenvalue weighted by atomic mass is 32.2. The fourth-order valence-corrected chi connectivity index (χ4v) is 5.44. The van der Waals surface area contributed by atoms with Gasteiger partial charge in [0.25, 0.3) is 10.0 Å². The van der Waals surface area contributed by atoms with E-state index in [1.807, 2.05) is 37.3 Å². The summed E-state index contributed by atoms with van der Waals surface area (Å²) in [6.45, 7) is 2.32. The molecule has 0 spiro atoms. The molecule has 0 atom stereocenters. The van der Waals surface area contributed by atoms with E-state index in [9.17, 15) is 16.8 Å². The molecule has 1 aromatic heterocycles. The van der Waals surface area contributed by atoms with E-state index in [4.69, 9.17) is 4.42 Å². The Bertz CT molecular complexity index is 1480. The normalized spacial score (nSPS) is 11.9. The Morgan fingerprint density at radius 2 is 1.40 bits per heavy atom. The van der Waals surface area contributed by atoms with Crippen molar-refractivity contribution in [2.45, 2.75) is 29.6 Å². The van der Waals surface area contributed by atoms with Gasteiger partial charge in [0.2, 0.25) is 15.9 Å². The largest absolute Gasteiger partial charge is 0.436 e. The molecule has 0 radical (unpaired) electrons. The third kappa shape index (κ3) is 5.97. The molecule has 0 saturated heterocycles. The summed E-state index contributed by atoms with van der Waals surface area (Å²) >= 11 is 0. The molecule has 0 fully saturated rings. The molecule has 2 N–H and O–H groups in total. The van der Waals surface area contributed by atoms with Gasteiger partial charge in [0.1, 0.15) is 0 Å². The molecule has 1 heterocycles. The van der Waals surface area contributed by atoms with Gasteiger partial charge >= 0.3 is 0 Å². The molecule has 0 bridgehead atoms. The molecule has 35 heavy (non-hydrogen) atoms. The van der Waals surface area contributed by atoms with Crippen molar-refractivity contribution in [2.75, 3.05) is 11.3 Å². The van der Waals surface area contributed by atoms with Crippen molar-refractivity contribution >= 4 is 25.7 Å². The lowest BCUT2D eigenvalue weighted by Gasteiger charge is -2.10. The van der Waals surface area contributed by atoms with Gasteiger partial charge in [-0.05, 0) is 55.0 Å². The van der Waals surface area contributed by atoms with Crippen molar-refractivity contribution in [3.8, 4) is 22.8 Å². The van der Waals surface area contributed by atoms with Crippen LogP contribution >= 0.6 is 0 Å². The molecule has 0 unspecified atom stereocenters. The van der Waals surface area contributed by atoms with Gasteiger partial charge in [0.15, 0.2) is 5.76 Å². The third-order valence-electron chi connectivity index (χ3n) is 5.21. The maximum Gasteiger partial charge on any atom is 0.261 e. The number of aromatic nitrogens is 1. The van der Waals surface area contributed by atoms with Crippen LogP contribution in [-0.4, -0.2) is 28.4 Å². The van der Waals surface area contributed by atoms with Crippen molar-refractivity contribution in [1.82, 2.24) is 9.71 Å². The second-order valence-corrected chi connectivity index (χ2v) is 11.3. The number of oxazole rings is 1. The standard InChI is InChI=1S/C25H25N3O5S2/c1-2-3-17-27-34(29,30)22-15-11-21(12-16-22)28-35(31,32)23-13-9-20(10-14-23)25-26-18-24(33-25)19-7-5-4-6-8-19/h4-16,18,27-28H,2-3,17H2,1H3. The zero-order valence-electron chi connectivity index (χ0n) is 19.0. The molecule has 4 aromatic rings. The topological polar surface area (TPSA) is 118 Å². The summed E-state index contributed by atoms with van der Waals surface area (Å²) in [5.74, 6) is 0.995. The lowest BCUT2D eigenvalue weighted by atomic mass is 10.2. The first-order valence-electron chi connectivity index (χ1n) is 11.0. The van der Waals surface area contributed by atoms with Gasteiger partial charge in [-0.15, -0.1) is 0 Å². The number of anilines is 1. The maximum absolute atomic E-state index is 12.8. The summed E-state index contributed by atoms with van der Waals surface area (Å²) in [6, 6.07) is 21.3. The predicted octanol–water partition coefficient (Wildman–Crippen LogP) is 4.89. The van der Waals surface area contributed by atoms with Crippen LogP contribution in [0.15, 0.2) is 99.3 Å². The highest BCUT2D eigenvalue weighted by molar-refractivity contribution is 7.92. The zero-order valence-corrected chi connectivity index (χ0v) is 20.6. The molecule has 0 amide bonds. The molecule has 10 heteroatoms. The second-order valence-electron chi connectivity index (χ2n) is 7.80. The summed E-state index contributed by atoms with van der Waals surface area (Å²) in [7, 11) is -7.52. The number of sulfonamides is 2. The Hall–Kier alpha value is -3.47. The average Bonchev–Trinajstić information content (AvgIpc) is 3.35. The highest BCUT2D eigenvalue weighted by Gasteiger charge is 2.17. The van der Waals surface area contributed by atoms with Gasteiger partial charge in [-0.2, -0.15) is 0 Å². The molecule has 0 aliphatic rings. The Balaban J connectivity index is 1.45. The number of unbranched alkanes of at least 4 members (excludes halogenated alkanes) is 1. The van der Waals surface area contributed by atoms with Gasteiger partial charge in [-0.1, -0.05) is 43.7 Å². The van der Waals surface area contributed by atoms with Crippen LogP contribution in [0.3, 0.4) is 0 Å². The number of rotatable bonds is 10. The van der Waals surface area contributed by atoms with Crippen LogP contribution in [0.2, 0.25) is 0 Å². The van der Waals surface area contributed by atoms with Crippen molar-refractivity contribution in [1.29, 1.82) is 0 Å². The monoisotopic (exact) mass is 511 g/mol. The predicted molar refractivity (Wildman–Crippen MR) is 135 cm³/mol. The van der Waals surface area contributed by atoms with Crippen LogP contribution < -0.4 is 9.44 Å². The molecule has 182 valence electrons. The van der Waals surface area contributed by atoms with Gasteiger partial charge < -0.3 is 4.42 Å². The highest BCUT2D eigenvalue weighted by Crippen LogP contribution is 2.27. The van der Waals surface area contributed by atoms with E-state index >= 15 is 0 Å². The Morgan fingerprint density at radius 3 is 2.06 bits per heavy atom. The fraction of sp³-hybridized carbons (Fsp3) is 0.160. The van der Waals surface area contributed by atoms with Crippen LogP contribution in [0.1, 0.15) is 19.8 Å². The van der Waals surface area contributed by atoms with Crippen LogP contribution in [0.25, 0.3) is 22.8 Å².